The highest BCUT2D eigenvalue weighted by Crippen LogP contribution is 2.35. The minimum atomic E-state index is -4.21. The third-order valence-electron chi connectivity index (χ3n) is 4.51. The number of esters is 2. The predicted octanol–water partition coefficient (Wildman–Crippen LogP) is 1.94. The molecular formula is C19H37NO7S. The summed E-state index contributed by atoms with van der Waals surface area (Å²) >= 11 is 0. The van der Waals surface area contributed by atoms with Gasteiger partial charge in [-0.05, 0) is 40.5 Å². The number of hydrogen-bond donors (Lipinski definition) is 0. The van der Waals surface area contributed by atoms with Crippen LogP contribution in [0.5, 0.6) is 0 Å². The average molecular weight is 424 g/mol. The first-order chi connectivity index (χ1) is 12.5. The molecule has 8 nitrogen and oxygen atoms in total. The van der Waals surface area contributed by atoms with Gasteiger partial charge >= 0.3 is 11.9 Å². The zero-order valence-corrected chi connectivity index (χ0v) is 19.2. The van der Waals surface area contributed by atoms with Crippen molar-refractivity contribution in [1.29, 1.82) is 0 Å². The summed E-state index contributed by atoms with van der Waals surface area (Å²) in [5.74, 6) is -1.13. The van der Waals surface area contributed by atoms with Crippen molar-refractivity contribution < 1.29 is 36.5 Å². The van der Waals surface area contributed by atoms with Crippen LogP contribution in [0.1, 0.15) is 53.9 Å². The van der Waals surface area contributed by atoms with E-state index in [-0.39, 0.29) is 19.0 Å². The van der Waals surface area contributed by atoms with Crippen LogP contribution in [0.25, 0.3) is 0 Å². The lowest BCUT2D eigenvalue weighted by molar-refractivity contribution is -0.890. The Morgan fingerprint density at radius 2 is 1.39 bits per heavy atom. The van der Waals surface area contributed by atoms with Gasteiger partial charge in [0.2, 0.25) is 0 Å². The molecule has 0 atom stereocenters. The van der Waals surface area contributed by atoms with Crippen molar-refractivity contribution in [3.63, 3.8) is 0 Å². The Morgan fingerprint density at radius 1 is 0.929 bits per heavy atom. The van der Waals surface area contributed by atoms with Gasteiger partial charge in [-0.3, -0.25) is 9.59 Å². The molecule has 0 aliphatic rings. The normalized spacial score (nSPS) is 13.3. The van der Waals surface area contributed by atoms with Gasteiger partial charge in [0.25, 0.3) is 0 Å². The van der Waals surface area contributed by atoms with Crippen molar-refractivity contribution in [2.45, 2.75) is 53.9 Å². The van der Waals surface area contributed by atoms with Gasteiger partial charge in [0.1, 0.15) is 13.2 Å². The fourth-order valence-electron chi connectivity index (χ4n) is 3.00. The maximum absolute atomic E-state index is 12.5. The molecule has 0 aliphatic heterocycles. The zero-order valence-electron chi connectivity index (χ0n) is 18.4. The van der Waals surface area contributed by atoms with Gasteiger partial charge in [-0.25, -0.2) is 8.42 Å². The number of rotatable bonds is 13. The Kier molecular flexibility index (Phi) is 10.1. The van der Waals surface area contributed by atoms with Crippen LogP contribution >= 0.6 is 0 Å². The lowest BCUT2D eigenvalue weighted by atomic mass is 9.75. The van der Waals surface area contributed by atoms with Crippen LogP contribution in [0.3, 0.4) is 0 Å². The van der Waals surface area contributed by atoms with Crippen LogP contribution in [-0.2, 0) is 29.2 Å². The summed E-state index contributed by atoms with van der Waals surface area (Å²) in [7, 11) is -0.457. The third-order valence-corrected chi connectivity index (χ3v) is 5.30. The summed E-state index contributed by atoms with van der Waals surface area (Å²) in [6.45, 7) is 10.4. The van der Waals surface area contributed by atoms with Gasteiger partial charge < -0.3 is 18.5 Å². The number of likely N-dealkylation sites (N-methyl/N-ethyl adjacent to an activating group) is 1. The van der Waals surface area contributed by atoms with E-state index >= 15 is 0 Å². The second-order valence-electron chi connectivity index (χ2n) is 9.21. The molecule has 0 spiro atoms. The van der Waals surface area contributed by atoms with E-state index in [0.717, 1.165) is 6.42 Å². The fourth-order valence-corrected chi connectivity index (χ4v) is 3.48. The van der Waals surface area contributed by atoms with E-state index in [1.807, 2.05) is 21.0 Å². The smallest absolute Gasteiger partial charge is 0.311 e. The molecule has 0 aromatic heterocycles. The summed E-state index contributed by atoms with van der Waals surface area (Å²) < 4.78 is 43.1. The molecule has 0 bridgehead atoms. The second kappa shape index (κ2) is 10.5. The van der Waals surface area contributed by atoms with Crippen LogP contribution < -0.4 is 0 Å². The summed E-state index contributed by atoms with van der Waals surface area (Å²) in [4.78, 5) is 24.7. The minimum absolute atomic E-state index is 0.167. The first-order valence-corrected chi connectivity index (χ1v) is 11.2. The van der Waals surface area contributed by atoms with Crippen LogP contribution in [-0.4, -0.2) is 75.5 Å². The maximum Gasteiger partial charge on any atom is 0.311 e. The molecule has 0 aromatic carbocycles. The third kappa shape index (κ3) is 11.0. The van der Waals surface area contributed by atoms with Crippen LogP contribution in [0.2, 0.25) is 0 Å². The molecule has 0 radical (unpaired) electrons. The summed E-state index contributed by atoms with van der Waals surface area (Å²) in [6.07, 6.45) is 1.29. The van der Waals surface area contributed by atoms with Gasteiger partial charge in [-0.2, -0.15) is 0 Å². The molecule has 28 heavy (non-hydrogen) atoms. The molecular weight excluding hydrogens is 386 g/mol. The summed E-state index contributed by atoms with van der Waals surface area (Å²) in [5, 5.41) is 0. The predicted molar refractivity (Wildman–Crippen MR) is 105 cm³/mol. The van der Waals surface area contributed by atoms with E-state index in [1.165, 1.54) is 0 Å². The number of ether oxygens (including phenoxy) is 2. The lowest BCUT2D eigenvalue weighted by Gasteiger charge is -2.33. The SMILES string of the molecule is CCCOC(=O)C(C)(C)CC(C)(C)C(=O)OCC[N+](C)(C)CCCS(=O)(=O)[O-]. The first-order valence-electron chi connectivity index (χ1n) is 9.62. The Bertz CT molecular complexity index is 624. The van der Waals surface area contributed by atoms with Crippen LogP contribution in [0, 0.1) is 10.8 Å². The maximum atomic E-state index is 12.5. The van der Waals surface area contributed by atoms with Crippen molar-refractivity contribution in [3.05, 3.63) is 0 Å². The fraction of sp³-hybridized carbons (Fsp3) is 0.895. The van der Waals surface area contributed by atoms with Gasteiger partial charge in [0.15, 0.2) is 0 Å². The van der Waals surface area contributed by atoms with Crippen LogP contribution in [0.4, 0.5) is 0 Å². The Hall–Kier alpha value is -1.19. The van der Waals surface area contributed by atoms with Crippen molar-refractivity contribution >= 4 is 22.1 Å². The monoisotopic (exact) mass is 423 g/mol. The molecule has 0 unspecified atom stereocenters. The molecule has 0 amide bonds. The van der Waals surface area contributed by atoms with E-state index in [4.69, 9.17) is 9.47 Å². The van der Waals surface area contributed by atoms with Gasteiger partial charge in [-0.1, -0.05) is 6.92 Å². The number of nitrogens with zero attached hydrogens (tertiary/aromatic N) is 1. The molecule has 0 saturated carbocycles. The largest absolute Gasteiger partial charge is 0.748 e. The summed E-state index contributed by atoms with van der Waals surface area (Å²) in [6, 6.07) is 0. The summed E-state index contributed by atoms with van der Waals surface area (Å²) in [5.41, 5.74) is -1.67. The van der Waals surface area contributed by atoms with E-state index in [0.29, 0.717) is 30.6 Å². The zero-order chi connectivity index (χ0) is 22.2. The van der Waals surface area contributed by atoms with Gasteiger partial charge in [-0.15, -0.1) is 0 Å². The number of carbonyl (C=O) groups excluding carboxylic acids is 2. The van der Waals surface area contributed by atoms with E-state index < -0.39 is 32.7 Å². The molecule has 0 N–H and O–H groups in total. The van der Waals surface area contributed by atoms with Crippen molar-refractivity contribution in [1.82, 2.24) is 0 Å². The molecule has 0 aromatic rings. The van der Waals surface area contributed by atoms with Crippen LogP contribution in [0.15, 0.2) is 0 Å². The van der Waals surface area contributed by atoms with Gasteiger partial charge in [0.05, 0.1) is 48.2 Å². The number of quaternary nitrogens is 1. The first kappa shape index (κ1) is 26.8. The molecule has 0 heterocycles. The topological polar surface area (TPSA) is 110 Å². The Balaban J connectivity index is 4.57. The highest BCUT2D eigenvalue weighted by Gasteiger charge is 2.41. The Labute approximate surface area is 169 Å². The molecule has 0 saturated heterocycles. The highest BCUT2D eigenvalue weighted by molar-refractivity contribution is 7.85. The van der Waals surface area contributed by atoms with Crippen molar-refractivity contribution in [2.24, 2.45) is 10.8 Å². The Morgan fingerprint density at radius 3 is 1.82 bits per heavy atom. The molecule has 9 heteroatoms. The average Bonchev–Trinajstić information content (AvgIpc) is 2.49. The van der Waals surface area contributed by atoms with E-state index in [1.54, 1.807) is 27.7 Å². The second-order valence-corrected chi connectivity index (χ2v) is 10.7. The molecule has 0 fully saturated rings. The number of hydrogen-bond acceptors (Lipinski definition) is 7. The van der Waals surface area contributed by atoms with Crippen molar-refractivity contribution in [3.8, 4) is 0 Å². The minimum Gasteiger partial charge on any atom is -0.748 e. The van der Waals surface area contributed by atoms with Crippen molar-refractivity contribution in [2.75, 3.05) is 46.2 Å². The lowest BCUT2D eigenvalue weighted by Crippen LogP contribution is -2.44. The molecule has 166 valence electrons. The highest BCUT2D eigenvalue weighted by atomic mass is 32.2. The number of carbonyl (C=O) groups is 2. The van der Waals surface area contributed by atoms with E-state index in [9.17, 15) is 22.6 Å². The molecule has 0 rings (SSSR count). The molecule has 0 aliphatic carbocycles. The standard InChI is InChI=1S/C19H37NO7S/c1-8-12-26-16(21)18(2,3)15-19(4,5)17(22)27-13-11-20(6,7)10-9-14-28(23,24)25/h8-15H2,1-7H3. The quantitative estimate of drug-likeness (QED) is 0.253. The van der Waals surface area contributed by atoms with E-state index in [2.05, 4.69) is 0 Å². The van der Waals surface area contributed by atoms with Gasteiger partial charge in [0, 0.05) is 12.2 Å².